The smallest absolute Gasteiger partial charge is 0.262 e. The second-order valence-corrected chi connectivity index (χ2v) is 4.89. The highest BCUT2D eigenvalue weighted by Gasteiger charge is 2.14. The van der Waals surface area contributed by atoms with Crippen LogP contribution in [0.4, 0.5) is 0 Å². The molecule has 3 aromatic rings. The third-order valence-electron chi connectivity index (χ3n) is 2.89. The first-order valence-corrected chi connectivity index (χ1v) is 6.41. The standard InChI is InChI=1S/C15H11ClN2O2/c1-9-3-2-4-10(7-9)14-17-15(20-18-14)12-8-11(16)5-6-13(12)19/h2-8,19H,1H3. The van der Waals surface area contributed by atoms with Crippen molar-refractivity contribution in [3.63, 3.8) is 0 Å². The van der Waals surface area contributed by atoms with Gasteiger partial charge in [-0.1, -0.05) is 40.5 Å². The molecular weight excluding hydrogens is 276 g/mol. The molecule has 3 rings (SSSR count). The van der Waals surface area contributed by atoms with Crippen molar-refractivity contribution in [3.8, 4) is 28.6 Å². The van der Waals surface area contributed by atoms with Gasteiger partial charge in [0.25, 0.3) is 5.89 Å². The molecule has 0 saturated heterocycles. The van der Waals surface area contributed by atoms with E-state index in [4.69, 9.17) is 16.1 Å². The van der Waals surface area contributed by atoms with Crippen LogP contribution < -0.4 is 0 Å². The molecule has 5 heteroatoms. The maximum absolute atomic E-state index is 9.83. The number of phenols is 1. The molecule has 0 aliphatic carbocycles. The summed E-state index contributed by atoms with van der Waals surface area (Å²) in [7, 11) is 0. The van der Waals surface area contributed by atoms with Gasteiger partial charge in [-0.15, -0.1) is 0 Å². The van der Waals surface area contributed by atoms with Crippen LogP contribution in [-0.2, 0) is 0 Å². The van der Waals surface area contributed by atoms with E-state index < -0.39 is 0 Å². The number of nitrogens with zero attached hydrogens (tertiary/aromatic N) is 2. The average Bonchev–Trinajstić information content (AvgIpc) is 2.91. The first kappa shape index (κ1) is 12.7. The minimum absolute atomic E-state index is 0.0499. The van der Waals surface area contributed by atoms with Crippen LogP contribution in [0.3, 0.4) is 0 Å². The van der Waals surface area contributed by atoms with Crippen molar-refractivity contribution in [2.24, 2.45) is 0 Å². The number of aromatic hydroxyl groups is 1. The number of aryl methyl sites for hydroxylation is 1. The summed E-state index contributed by atoms with van der Waals surface area (Å²) in [6, 6.07) is 12.5. The number of halogens is 1. The lowest BCUT2D eigenvalue weighted by molar-refractivity contribution is 0.426. The minimum Gasteiger partial charge on any atom is -0.507 e. The lowest BCUT2D eigenvalue weighted by Gasteiger charge is -1.99. The second kappa shape index (κ2) is 4.98. The molecule has 1 heterocycles. The molecule has 1 aromatic heterocycles. The van der Waals surface area contributed by atoms with Crippen LogP contribution in [0, 0.1) is 6.92 Å². The first-order valence-electron chi connectivity index (χ1n) is 6.03. The summed E-state index contributed by atoms with van der Waals surface area (Å²) >= 11 is 5.91. The van der Waals surface area contributed by atoms with Crippen molar-refractivity contribution in [2.75, 3.05) is 0 Å². The summed E-state index contributed by atoms with van der Waals surface area (Å²) in [6.45, 7) is 1.99. The molecule has 20 heavy (non-hydrogen) atoms. The molecule has 0 radical (unpaired) electrons. The average molecular weight is 287 g/mol. The predicted molar refractivity (Wildman–Crippen MR) is 76.6 cm³/mol. The molecule has 0 aliphatic rings. The van der Waals surface area contributed by atoms with Crippen molar-refractivity contribution >= 4 is 11.6 Å². The second-order valence-electron chi connectivity index (χ2n) is 4.45. The molecule has 0 atom stereocenters. The van der Waals surface area contributed by atoms with Crippen LogP contribution in [0.15, 0.2) is 47.0 Å². The monoisotopic (exact) mass is 286 g/mol. The summed E-state index contributed by atoms with van der Waals surface area (Å²) in [5, 5.41) is 14.3. The molecule has 0 amide bonds. The van der Waals surface area contributed by atoms with E-state index in [1.54, 1.807) is 12.1 Å². The molecule has 0 spiro atoms. The molecule has 100 valence electrons. The van der Waals surface area contributed by atoms with E-state index in [9.17, 15) is 5.11 Å². The van der Waals surface area contributed by atoms with E-state index in [0.717, 1.165) is 11.1 Å². The molecule has 0 fully saturated rings. The fourth-order valence-corrected chi connectivity index (χ4v) is 2.09. The van der Waals surface area contributed by atoms with Gasteiger partial charge in [-0.25, -0.2) is 0 Å². The Morgan fingerprint density at radius 3 is 2.80 bits per heavy atom. The molecule has 0 unspecified atom stereocenters. The van der Waals surface area contributed by atoms with Crippen molar-refractivity contribution in [1.29, 1.82) is 0 Å². The van der Waals surface area contributed by atoms with E-state index in [0.29, 0.717) is 16.4 Å². The van der Waals surface area contributed by atoms with E-state index in [-0.39, 0.29) is 11.6 Å². The normalized spacial score (nSPS) is 10.7. The number of phenolic OH excluding ortho intramolecular Hbond substituents is 1. The number of rotatable bonds is 2. The maximum Gasteiger partial charge on any atom is 0.262 e. The van der Waals surface area contributed by atoms with Crippen LogP contribution in [0.1, 0.15) is 5.56 Å². The minimum atomic E-state index is 0.0499. The fourth-order valence-electron chi connectivity index (χ4n) is 1.91. The predicted octanol–water partition coefficient (Wildman–Crippen LogP) is 4.07. The van der Waals surface area contributed by atoms with Gasteiger partial charge in [-0.3, -0.25) is 0 Å². The summed E-state index contributed by atoms with van der Waals surface area (Å²) in [6.07, 6.45) is 0. The van der Waals surface area contributed by atoms with Gasteiger partial charge in [0.2, 0.25) is 5.82 Å². The van der Waals surface area contributed by atoms with Crippen LogP contribution >= 0.6 is 11.6 Å². The topological polar surface area (TPSA) is 59.2 Å². The van der Waals surface area contributed by atoms with Crippen molar-refractivity contribution in [3.05, 3.63) is 53.1 Å². The number of hydrogen-bond donors (Lipinski definition) is 1. The van der Waals surface area contributed by atoms with Crippen LogP contribution in [0.25, 0.3) is 22.8 Å². The van der Waals surface area contributed by atoms with Gasteiger partial charge in [0.15, 0.2) is 0 Å². The van der Waals surface area contributed by atoms with Gasteiger partial charge >= 0.3 is 0 Å². The maximum atomic E-state index is 9.83. The van der Waals surface area contributed by atoms with E-state index in [1.807, 2.05) is 31.2 Å². The largest absolute Gasteiger partial charge is 0.507 e. The van der Waals surface area contributed by atoms with Crippen LogP contribution in [-0.4, -0.2) is 15.2 Å². The molecular formula is C15H11ClN2O2. The Morgan fingerprint density at radius 2 is 2.00 bits per heavy atom. The van der Waals surface area contributed by atoms with Crippen molar-refractivity contribution in [1.82, 2.24) is 10.1 Å². The molecule has 4 nitrogen and oxygen atoms in total. The third-order valence-corrected chi connectivity index (χ3v) is 3.13. The van der Waals surface area contributed by atoms with Gasteiger partial charge in [0.1, 0.15) is 5.75 Å². The Bertz CT molecular complexity index is 768. The highest BCUT2D eigenvalue weighted by molar-refractivity contribution is 6.30. The lowest BCUT2D eigenvalue weighted by atomic mass is 10.1. The zero-order valence-corrected chi connectivity index (χ0v) is 11.4. The van der Waals surface area contributed by atoms with Gasteiger partial charge in [-0.2, -0.15) is 4.98 Å². The Labute approximate surface area is 120 Å². The van der Waals surface area contributed by atoms with Crippen LogP contribution in [0.5, 0.6) is 5.75 Å². The lowest BCUT2D eigenvalue weighted by Crippen LogP contribution is -1.83. The molecule has 0 saturated carbocycles. The number of benzene rings is 2. The van der Waals surface area contributed by atoms with Crippen molar-refractivity contribution < 1.29 is 9.63 Å². The summed E-state index contributed by atoms with van der Waals surface area (Å²) in [5.74, 6) is 0.762. The fraction of sp³-hybridized carbons (Fsp3) is 0.0667. The van der Waals surface area contributed by atoms with E-state index in [1.165, 1.54) is 6.07 Å². The Hall–Kier alpha value is -2.33. The Balaban J connectivity index is 2.04. The quantitative estimate of drug-likeness (QED) is 0.771. The molecule has 0 bridgehead atoms. The SMILES string of the molecule is Cc1cccc(-c2noc(-c3cc(Cl)ccc3O)n2)c1. The van der Waals surface area contributed by atoms with Crippen LogP contribution in [0.2, 0.25) is 5.02 Å². The van der Waals surface area contributed by atoms with Crippen molar-refractivity contribution in [2.45, 2.75) is 6.92 Å². The summed E-state index contributed by atoms with van der Waals surface area (Å²) in [4.78, 5) is 4.30. The van der Waals surface area contributed by atoms with Gasteiger partial charge < -0.3 is 9.63 Å². The first-order chi connectivity index (χ1) is 9.63. The molecule has 1 N–H and O–H groups in total. The highest BCUT2D eigenvalue weighted by atomic mass is 35.5. The molecule has 0 aliphatic heterocycles. The van der Waals surface area contributed by atoms with Gasteiger partial charge in [0, 0.05) is 10.6 Å². The Kier molecular flexibility index (Phi) is 3.16. The van der Waals surface area contributed by atoms with Gasteiger partial charge in [-0.05, 0) is 31.2 Å². The summed E-state index contributed by atoms with van der Waals surface area (Å²) < 4.78 is 5.20. The number of aromatic nitrogens is 2. The highest BCUT2D eigenvalue weighted by Crippen LogP contribution is 2.31. The molecule has 2 aromatic carbocycles. The third kappa shape index (κ3) is 2.38. The zero-order valence-electron chi connectivity index (χ0n) is 10.7. The number of hydrogen-bond acceptors (Lipinski definition) is 4. The Morgan fingerprint density at radius 1 is 1.15 bits per heavy atom. The van der Waals surface area contributed by atoms with E-state index >= 15 is 0 Å². The summed E-state index contributed by atoms with van der Waals surface area (Å²) in [5.41, 5.74) is 2.39. The van der Waals surface area contributed by atoms with Gasteiger partial charge in [0.05, 0.1) is 5.56 Å². The van der Waals surface area contributed by atoms with E-state index in [2.05, 4.69) is 10.1 Å². The zero-order chi connectivity index (χ0) is 14.1.